The minimum absolute atomic E-state index is 0.149. The summed E-state index contributed by atoms with van der Waals surface area (Å²) in [5.41, 5.74) is 1.57. The lowest BCUT2D eigenvalue weighted by atomic mass is 10.2. The summed E-state index contributed by atoms with van der Waals surface area (Å²) in [5.74, 6) is 1.41. The SMILES string of the molecule is O=C(Nc1ccc(Oc2cccc3cccnc23)cc1)NC1CCCC1. The zero-order chi connectivity index (χ0) is 17.8. The molecule has 0 radical (unpaired) electrons. The Morgan fingerprint density at radius 1 is 1.00 bits per heavy atom. The first-order valence-electron chi connectivity index (χ1n) is 8.97. The Labute approximate surface area is 152 Å². The Balaban J connectivity index is 1.41. The lowest BCUT2D eigenvalue weighted by Crippen LogP contribution is -2.36. The molecule has 1 saturated carbocycles. The minimum Gasteiger partial charge on any atom is -0.455 e. The lowest BCUT2D eigenvalue weighted by molar-refractivity contribution is 0.248. The summed E-state index contributed by atoms with van der Waals surface area (Å²) in [6.07, 6.45) is 6.28. The number of pyridine rings is 1. The molecule has 1 aliphatic carbocycles. The van der Waals surface area contributed by atoms with Crippen LogP contribution in [0.3, 0.4) is 0 Å². The van der Waals surface area contributed by atoms with E-state index in [0.717, 1.165) is 29.4 Å². The van der Waals surface area contributed by atoms with E-state index in [-0.39, 0.29) is 6.03 Å². The van der Waals surface area contributed by atoms with Gasteiger partial charge in [-0.25, -0.2) is 4.79 Å². The highest BCUT2D eigenvalue weighted by atomic mass is 16.5. The summed E-state index contributed by atoms with van der Waals surface area (Å²) in [5, 5.41) is 6.92. The molecule has 132 valence electrons. The number of hydrogen-bond donors (Lipinski definition) is 2. The number of benzene rings is 2. The fraction of sp³-hybridized carbons (Fsp3) is 0.238. The highest BCUT2D eigenvalue weighted by Gasteiger charge is 2.16. The Kier molecular flexibility index (Phi) is 4.69. The topological polar surface area (TPSA) is 63.2 Å². The first-order chi connectivity index (χ1) is 12.8. The van der Waals surface area contributed by atoms with Crippen molar-refractivity contribution in [3.05, 3.63) is 60.8 Å². The quantitative estimate of drug-likeness (QED) is 0.691. The van der Waals surface area contributed by atoms with Gasteiger partial charge in [0.1, 0.15) is 11.3 Å². The van der Waals surface area contributed by atoms with Crippen LogP contribution < -0.4 is 15.4 Å². The molecule has 1 aromatic heterocycles. The second kappa shape index (κ2) is 7.44. The summed E-state index contributed by atoms with van der Waals surface area (Å²) in [4.78, 5) is 16.4. The number of fused-ring (bicyclic) bond motifs is 1. The van der Waals surface area contributed by atoms with E-state index < -0.39 is 0 Å². The number of anilines is 1. The van der Waals surface area contributed by atoms with Crippen LogP contribution in [0.2, 0.25) is 0 Å². The fourth-order valence-electron chi connectivity index (χ4n) is 3.31. The molecule has 1 fully saturated rings. The van der Waals surface area contributed by atoms with Gasteiger partial charge in [0, 0.05) is 23.3 Å². The Hall–Kier alpha value is -3.08. The molecule has 2 amide bonds. The maximum atomic E-state index is 12.0. The predicted molar refractivity (Wildman–Crippen MR) is 103 cm³/mol. The molecule has 5 nitrogen and oxygen atoms in total. The van der Waals surface area contributed by atoms with Gasteiger partial charge in [-0.15, -0.1) is 0 Å². The van der Waals surface area contributed by atoms with Gasteiger partial charge in [0.15, 0.2) is 5.75 Å². The van der Waals surface area contributed by atoms with Crippen molar-refractivity contribution < 1.29 is 9.53 Å². The lowest BCUT2D eigenvalue weighted by Gasteiger charge is -2.13. The summed E-state index contributed by atoms with van der Waals surface area (Å²) >= 11 is 0. The van der Waals surface area contributed by atoms with Crippen LogP contribution in [-0.4, -0.2) is 17.1 Å². The Morgan fingerprint density at radius 3 is 2.58 bits per heavy atom. The molecule has 3 aromatic rings. The summed E-state index contributed by atoms with van der Waals surface area (Å²) in [6, 6.07) is 17.3. The first-order valence-corrected chi connectivity index (χ1v) is 8.97. The number of carbonyl (C=O) groups is 1. The highest BCUT2D eigenvalue weighted by Crippen LogP contribution is 2.29. The molecule has 5 heteroatoms. The first kappa shape index (κ1) is 16.4. The molecule has 0 saturated heterocycles. The van der Waals surface area contributed by atoms with Crippen molar-refractivity contribution >= 4 is 22.6 Å². The Morgan fingerprint density at radius 2 is 1.77 bits per heavy atom. The van der Waals surface area contributed by atoms with Crippen molar-refractivity contribution in [1.82, 2.24) is 10.3 Å². The predicted octanol–water partition coefficient (Wildman–Crippen LogP) is 5.09. The van der Waals surface area contributed by atoms with E-state index in [9.17, 15) is 4.79 Å². The van der Waals surface area contributed by atoms with Crippen molar-refractivity contribution in [2.24, 2.45) is 0 Å². The fourth-order valence-corrected chi connectivity index (χ4v) is 3.31. The van der Waals surface area contributed by atoms with Gasteiger partial charge in [0.2, 0.25) is 0 Å². The third kappa shape index (κ3) is 3.77. The number of carbonyl (C=O) groups excluding carboxylic acids is 1. The number of para-hydroxylation sites is 1. The summed E-state index contributed by atoms with van der Waals surface area (Å²) in [6.45, 7) is 0. The number of aromatic nitrogens is 1. The van der Waals surface area contributed by atoms with Gasteiger partial charge in [-0.2, -0.15) is 0 Å². The van der Waals surface area contributed by atoms with E-state index >= 15 is 0 Å². The molecular formula is C21H21N3O2. The maximum absolute atomic E-state index is 12.0. The smallest absolute Gasteiger partial charge is 0.319 e. The van der Waals surface area contributed by atoms with Crippen molar-refractivity contribution in [2.45, 2.75) is 31.7 Å². The van der Waals surface area contributed by atoms with E-state index in [1.165, 1.54) is 12.8 Å². The number of nitrogens with one attached hydrogen (secondary N) is 2. The summed E-state index contributed by atoms with van der Waals surface area (Å²) < 4.78 is 5.97. The zero-order valence-corrected chi connectivity index (χ0v) is 14.4. The second-order valence-electron chi connectivity index (χ2n) is 6.54. The molecule has 1 heterocycles. The zero-order valence-electron chi connectivity index (χ0n) is 14.4. The average molecular weight is 347 g/mol. The molecule has 1 aliphatic rings. The van der Waals surface area contributed by atoms with Crippen molar-refractivity contribution in [2.75, 3.05) is 5.32 Å². The maximum Gasteiger partial charge on any atom is 0.319 e. The van der Waals surface area contributed by atoms with Gasteiger partial charge in [0.25, 0.3) is 0 Å². The van der Waals surface area contributed by atoms with Crippen LogP contribution in [0.25, 0.3) is 10.9 Å². The van der Waals surface area contributed by atoms with Crippen LogP contribution in [0.4, 0.5) is 10.5 Å². The normalized spacial score (nSPS) is 14.3. The largest absolute Gasteiger partial charge is 0.455 e. The number of rotatable bonds is 4. The molecule has 0 aliphatic heterocycles. The van der Waals surface area contributed by atoms with Crippen LogP contribution in [-0.2, 0) is 0 Å². The average Bonchev–Trinajstić information content (AvgIpc) is 3.16. The molecule has 0 spiro atoms. The third-order valence-electron chi connectivity index (χ3n) is 4.63. The number of amides is 2. The van der Waals surface area contributed by atoms with E-state index in [1.54, 1.807) is 6.20 Å². The van der Waals surface area contributed by atoms with Crippen molar-refractivity contribution in [1.29, 1.82) is 0 Å². The standard InChI is InChI=1S/C21H21N3O2/c25-21(23-16-7-1-2-8-16)24-17-10-12-18(13-11-17)26-19-9-3-5-15-6-4-14-22-20(15)19/h3-6,9-14,16H,1-2,7-8H2,(H2,23,24,25). The number of nitrogens with zero attached hydrogens (tertiary/aromatic N) is 1. The van der Waals surface area contributed by atoms with Gasteiger partial charge in [-0.05, 0) is 49.2 Å². The van der Waals surface area contributed by atoms with Crippen LogP contribution in [0.1, 0.15) is 25.7 Å². The van der Waals surface area contributed by atoms with Gasteiger partial charge < -0.3 is 15.4 Å². The Bertz CT molecular complexity index is 897. The van der Waals surface area contributed by atoms with Gasteiger partial charge >= 0.3 is 6.03 Å². The van der Waals surface area contributed by atoms with E-state index in [0.29, 0.717) is 17.5 Å². The van der Waals surface area contributed by atoms with Gasteiger partial charge in [-0.1, -0.05) is 31.0 Å². The van der Waals surface area contributed by atoms with E-state index in [1.807, 2.05) is 54.6 Å². The second-order valence-corrected chi connectivity index (χ2v) is 6.54. The molecule has 4 rings (SSSR count). The molecule has 0 bridgehead atoms. The van der Waals surface area contributed by atoms with Crippen LogP contribution in [0.5, 0.6) is 11.5 Å². The molecule has 0 atom stereocenters. The van der Waals surface area contributed by atoms with Crippen LogP contribution in [0.15, 0.2) is 60.8 Å². The van der Waals surface area contributed by atoms with Crippen LogP contribution >= 0.6 is 0 Å². The number of hydrogen-bond acceptors (Lipinski definition) is 3. The monoisotopic (exact) mass is 347 g/mol. The molecule has 0 unspecified atom stereocenters. The number of urea groups is 1. The van der Waals surface area contributed by atoms with Crippen LogP contribution in [0, 0.1) is 0 Å². The van der Waals surface area contributed by atoms with E-state index in [4.69, 9.17) is 4.74 Å². The molecule has 26 heavy (non-hydrogen) atoms. The molecule has 2 N–H and O–H groups in total. The van der Waals surface area contributed by atoms with E-state index in [2.05, 4.69) is 15.6 Å². The summed E-state index contributed by atoms with van der Waals surface area (Å²) in [7, 11) is 0. The van der Waals surface area contributed by atoms with Crippen molar-refractivity contribution in [3.63, 3.8) is 0 Å². The molecule has 2 aromatic carbocycles. The molecular weight excluding hydrogens is 326 g/mol. The van der Waals surface area contributed by atoms with Crippen molar-refractivity contribution in [3.8, 4) is 11.5 Å². The van der Waals surface area contributed by atoms with Gasteiger partial charge in [0.05, 0.1) is 0 Å². The minimum atomic E-state index is -0.149. The third-order valence-corrected chi connectivity index (χ3v) is 4.63. The highest BCUT2D eigenvalue weighted by molar-refractivity contribution is 5.89. The van der Waals surface area contributed by atoms with Gasteiger partial charge in [-0.3, -0.25) is 4.98 Å². The number of ether oxygens (including phenoxy) is 1.